The van der Waals surface area contributed by atoms with Crippen LogP contribution in [0.3, 0.4) is 0 Å². The summed E-state index contributed by atoms with van der Waals surface area (Å²) in [5, 5.41) is 0. The molecule has 0 saturated carbocycles. The normalized spacial score (nSPS) is 18.9. The van der Waals surface area contributed by atoms with Crippen LogP contribution in [0.15, 0.2) is 42.6 Å². The highest BCUT2D eigenvalue weighted by Gasteiger charge is 2.27. The van der Waals surface area contributed by atoms with E-state index < -0.39 is 0 Å². The number of ether oxygens (including phenoxy) is 1. The van der Waals surface area contributed by atoms with Gasteiger partial charge in [-0.1, -0.05) is 18.2 Å². The fourth-order valence-electron chi connectivity index (χ4n) is 3.18. The number of benzene rings is 1. The van der Waals surface area contributed by atoms with Gasteiger partial charge in [0.05, 0.1) is 6.61 Å². The van der Waals surface area contributed by atoms with Crippen LogP contribution in [0.1, 0.15) is 48.5 Å². The third-order valence-corrected chi connectivity index (χ3v) is 4.25. The SMILES string of the molecule is CCOc1ccc(C(N)C2CCCc3cccnc32)cc1. The summed E-state index contributed by atoms with van der Waals surface area (Å²) in [6, 6.07) is 12.3. The average Bonchev–Trinajstić information content (AvgIpc) is 2.55. The molecule has 2 atom stereocenters. The number of hydrogen-bond acceptors (Lipinski definition) is 3. The summed E-state index contributed by atoms with van der Waals surface area (Å²) in [5.74, 6) is 1.21. The Labute approximate surface area is 126 Å². The van der Waals surface area contributed by atoms with E-state index in [1.807, 2.05) is 31.3 Å². The minimum Gasteiger partial charge on any atom is -0.494 e. The van der Waals surface area contributed by atoms with Gasteiger partial charge in [-0.15, -0.1) is 0 Å². The lowest BCUT2D eigenvalue weighted by Gasteiger charge is -2.29. The van der Waals surface area contributed by atoms with E-state index in [-0.39, 0.29) is 6.04 Å². The summed E-state index contributed by atoms with van der Waals surface area (Å²) in [6.07, 6.45) is 5.30. The number of nitrogens with zero attached hydrogens (tertiary/aromatic N) is 1. The molecule has 0 aliphatic heterocycles. The van der Waals surface area contributed by atoms with Crippen molar-refractivity contribution < 1.29 is 4.74 Å². The number of aryl methyl sites for hydroxylation is 1. The molecule has 1 heterocycles. The fourth-order valence-corrected chi connectivity index (χ4v) is 3.18. The zero-order valence-corrected chi connectivity index (χ0v) is 12.5. The lowest BCUT2D eigenvalue weighted by Crippen LogP contribution is -2.24. The highest BCUT2D eigenvalue weighted by Crippen LogP contribution is 2.38. The maximum Gasteiger partial charge on any atom is 0.119 e. The largest absolute Gasteiger partial charge is 0.494 e. The van der Waals surface area contributed by atoms with Crippen molar-refractivity contribution in [1.29, 1.82) is 0 Å². The molecule has 0 radical (unpaired) electrons. The van der Waals surface area contributed by atoms with Gasteiger partial charge in [0.15, 0.2) is 0 Å². The molecular formula is C18H22N2O. The van der Waals surface area contributed by atoms with Gasteiger partial charge in [0.2, 0.25) is 0 Å². The van der Waals surface area contributed by atoms with Crippen LogP contribution in [-0.4, -0.2) is 11.6 Å². The fraction of sp³-hybridized carbons (Fsp3) is 0.389. The highest BCUT2D eigenvalue weighted by molar-refractivity contribution is 5.34. The van der Waals surface area contributed by atoms with Crippen LogP contribution in [0.4, 0.5) is 0 Å². The van der Waals surface area contributed by atoms with E-state index in [0.717, 1.165) is 24.2 Å². The third kappa shape index (κ3) is 2.93. The van der Waals surface area contributed by atoms with Gasteiger partial charge in [0.25, 0.3) is 0 Å². The van der Waals surface area contributed by atoms with E-state index in [2.05, 4.69) is 23.2 Å². The second kappa shape index (κ2) is 6.27. The van der Waals surface area contributed by atoms with Crippen LogP contribution in [0.25, 0.3) is 0 Å². The van der Waals surface area contributed by atoms with Crippen LogP contribution >= 0.6 is 0 Å². The molecule has 1 aromatic carbocycles. The standard InChI is InChI=1S/C18H22N2O/c1-2-21-15-10-8-13(9-11-15)17(19)16-7-3-5-14-6-4-12-20-18(14)16/h4,6,8-12,16-17H,2-3,5,7,19H2,1H3. The van der Waals surface area contributed by atoms with Crippen molar-refractivity contribution in [2.45, 2.75) is 38.1 Å². The zero-order valence-electron chi connectivity index (χ0n) is 12.5. The average molecular weight is 282 g/mol. The Morgan fingerprint density at radius 2 is 2.10 bits per heavy atom. The van der Waals surface area contributed by atoms with Crippen LogP contribution < -0.4 is 10.5 Å². The maximum absolute atomic E-state index is 6.53. The van der Waals surface area contributed by atoms with E-state index >= 15 is 0 Å². The van der Waals surface area contributed by atoms with Crippen molar-refractivity contribution in [2.24, 2.45) is 5.73 Å². The number of nitrogens with two attached hydrogens (primary N) is 1. The summed E-state index contributed by atoms with van der Waals surface area (Å²) in [5.41, 5.74) is 10.2. The van der Waals surface area contributed by atoms with Gasteiger partial charge in [0, 0.05) is 23.9 Å². The summed E-state index contributed by atoms with van der Waals surface area (Å²) in [4.78, 5) is 4.59. The van der Waals surface area contributed by atoms with E-state index in [0.29, 0.717) is 12.5 Å². The minimum atomic E-state index is -0.00498. The maximum atomic E-state index is 6.53. The van der Waals surface area contributed by atoms with Gasteiger partial charge >= 0.3 is 0 Å². The first kappa shape index (κ1) is 14.1. The molecule has 0 fully saturated rings. The predicted octanol–water partition coefficient (Wildman–Crippen LogP) is 3.60. The Morgan fingerprint density at radius 3 is 2.86 bits per heavy atom. The number of hydrogen-bond donors (Lipinski definition) is 1. The first-order valence-corrected chi connectivity index (χ1v) is 7.71. The molecule has 0 bridgehead atoms. The second-order valence-electron chi connectivity index (χ2n) is 5.57. The van der Waals surface area contributed by atoms with Crippen molar-refractivity contribution in [3.63, 3.8) is 0 Å². The molecule has 2 N–H and O–H groups in total. The molecule has 1 aliphatic rings. The lowest BCUT2D eigenvalue weighted by molar-refractivity contribution is 0.340. The van der Waals surface area contributed by atoms with E-state index in [9.17, 15) is 0 Å². The van der Waals surface area contributed by atoms with Crippen LogP contribution in [0.2, 0.25) is 0 Å². The highest BCUT2D eigenvalue weighted by atomic mass is 16.5. The number of fused-ring (bicyclic) bond motifs is 1. The van der Waals surface area contributed by atoms with Crippen LogP contribution in [-0.2, 0) is 6.42 Å². The van der Waals surface area contributed by atoms with Crippen molar-refractivity contribution in [3.05, 3.63) is 59.4 Å². The van der Waals surface area contributed by atoms with Gasteiger partial charge < -0.3 is 10.5 Å². The van der Waals surface area contributed by atoms with E-state index in [1.54, 1.807) is 0 Å². The van der Waals surface area contributed by atoms with Crippen molar-refractivity contribution >= 4 is 0 Å². The van der Waals surface area contributed by atoms with E-state index in [4.69, 9.17) is 10.5 Å². The van der Waals surface area contributed by atoms with Crippen LogP contribution in [0.5, 0.6) is 5.75 Å². The van der Waals surface area contributed by atoms with E-state index in [1.165, 1.54) is 17.7 Å². The Hall–Kier alpha value is -1.87. The molecule has 0 amide bonds. The summed E-state index contributed by atoms with van der Waals surface area (Å²) in [6.45, 7) is 2.68. The monoisotopic (exact) mass is 282 g/mol. The molecule has 21 heavy (non-hydrogen) atoms. The molecule has 110 valence electrons. The summed E-state index contributed by atoms with van der Waals surface area (Å²) < 4.78 is 5.49. The van der Waals surface area contributed by atoms with Gasteiger partial charge in [-0.3, -0.25) is 4.98 Å². The number of aromatic nitrogens is 1. The molecule has 2 aromatic rings. The summed E-state index contributed by atoms with van der Waals surface area (Å²) >= 11 is 0. The first-order valence-electron chi connectivity index (χ1n) is 7.71. The van der Waals surface area contributed by atoms with Crippen molar-refractivity contribution in [3.8, 4) is 5.75 Å². The Balaban J connectivity index is 1.84. The Bertz CT molecular complexity index is 594. The Kier molecular flexibility index (Phi) is 4.20. The molecule has 0 spiro atoms. The molecule has 3 rings (SSSR count). The van der Waals surface area contributed by atoms with Gasteiger partial charge in [-0.05, 0) is 55.5 Å². The number of rotatable bonds is 4. The zero-order chi connectivity index (χ0) is 14.7. The lowest BCUT2D eigenvalue weighted by atomic mass is 9.80. The molecule has 0 saturated heterocycles. The molecule has 3 nitrogen and oxygen atoms in total. The van der Waals surface area contributed by atoms with Gasteiger partial charge in [-0.2, -0.15) is 0 Å². The van der Waals surface area contributed by atoms with Crippen LogP contribution in [0, 0.1) is 0 Å². The molecular weight excluding hydrogens is 260 g/mol. The topological polar surface area (TPSA) is 48.1 Å². The molecule has 2 unspecified atom stereocenters. The van der Waals surface area contributed by atoms with Gasteiger partial charge in [-0.25, -0.2) is 0 Å². The quantitative estimate of drug-likeness (QED) is 0.932. The van der Waals surface area contributed by atoms with Gasteiger partial charge in [0.1, 0.15) is 5.75 Å². The predicted molar refractivity (Wildman–Crippen MR) is 84.5 cm³/mol. The molecule has 3 heteroatoms. The first-order chi connectivity index (χ1) is 10.3. The number of pyridine rings is 1. The third-order valence-electron chi connectivity index (χ3n) is 4.25. The molecule has 1 aliphatic carbocycles. The summed E-state index contributed by atoms with van der Waals surface area (Å²) in [7, 11) is 0. The smallest absolute Gasteiger partial charge is 0.119 e. The van der Waals surface area contributed by atoms with Crippen molar-refractivity contribution in [2.75, 3.05) is 6.61 Å². The Morgan fingerprint density at radius 1 is 1.29 bits per heavy atom. The minimum absolute atomic E-state index is 0.00498. The molecule has 1 aromatic heterocycles. The van der Waals surface area contributed by atoms with Crippen molar-refractivity contribution in [1.82, 2.24) is 4.98 Å². The second-order valence-corrected chi connectivity index (χ2v) is 5.57.